The zero-order valence-corrected chi connectivity index (χ0v) is 19.7. The number of carbonyl (C=O) groups is 1. The Kier molecular flexibility index (Phi) is 7.42. The number of amides is 1. The predicted molar refractivity (Wildman–Crippen MR) is 121 cm³/mol. The molecule has 9 heteroatoms. The van der Waals surface area contributed by atoms with Crippen molar-refractivity contribution in [1.29, 1.82) is 0 Å². The van der Waals surface area contributed by atoms with E-state index >= 15 is 0 Å². The van der Waals surface area contributed by atoms with Crippen molar-refractivity contribution in [1.82, 2.24) is 9.97 Å². The average Bonchev–Trinajstić information content (AvgIpc) is 3.19. The van der Waals surface area contributed by atoms with Crippen LogP contribution in [0, 0.1) is 12.8 Å². The van der Waals surface area contributed by atoms with E-state index < -0.39 is 15.8 Å². The Hall–Kier alpha value is -1.64. The molecule has 1 aromatic carbocycles. The van der Waals surface area contributed by atoms with Crippen LogP contribution in [0.2, 0.25) is 5.02 Å². The van der Waals surface area contributed by atoms with Crippen LogP contribution in [0.3, 0.4) is 0 Å². The van der Waals surface area contributed by atoms with Gasteiger partial charge in [0.15, 0.2) is 15.7 Å². The average molecular weight is 468 g/mol. The number of hydrogen-bond donors (Lipinski definition) is 1. The van der Waals surface area contributed by atoms with Gasteiger partial charge in [0.2, 0.25) is 5.91 Å². The fourth-order valence-corrected chi connectivity index (χ4v) is 5.62. The highest BCUT2D eigenvalue weighted by molar-refractivity contribution is 7.98. The van der Waals surface area contributed by atoms with Gasteiger partial charge in [0.05, 0.1) is 27.7 Å². The molecular formula is C21H26ClN3O3S2. The van der Waals surface area contributed by atoms with Crippen LogP contribution in [0.4, 0.5) is 5.82 Å². The van der Waals surface area contributed by atoms with Crippen LogP contribution in [-0.4, -0.2) is 36.8 Å². The molecule has 1 saturated carbocycles. The van der Waals surface area contributed by atoms with Gasteiger partial charge >= 0.3 is 0 Å². The van der Waals surface area contributed by atoms with Crippen molar-refractivity contribution in [3.05, 3.63) is 40.7 Å². The molecule has 6 nitrogen and oxygen atoms in total. The number of hydrogen-bond acceptors (Lipinski definition) is 6. The van der Waals surface area contributed by atoms with Gasteiger partial charge in [-0.05, 0) is 43.2 Å². The highest BCUT2D eigenvalue weighted by Gasteiger charge is 2.28. The molecule has 162 valence electrons. The van der Waals surface area contributed by atoms with E-state index in [0.29, 0.717) is 29.4 Å². The number of nitrogens with one attached hydrogen (secondary N) is 1. The molecule has 3 rings (SSSR count). The number of carbonyl (C=O) groups excluding carboxylic acids is 1. The molecule has 1 fully saturated rings. The molecule has 0 saturated heterocycles. The second-order valence-corrected chi connectivity index (χ2v) is 11.0. The lowest BCUT2D eigenvalue weighted by Gasteiger charge is -2.21. The summed E-state index contributed by atoms with van der Waals surface area (Å²) >= 11 is 7.75. The maximum atomic E-state index is 13.3. The maximum Gasteiger partial charge on any atom is 0.233 e. The molecule has 1 amide bonds. The van der Waals surface area contributed by atoms with Gasteiger partial charge < -0.3 is 5.32 Å². The Morgan fingerprint density at radius 1 is 1.33 bits per heavy atom. The van der Waals surface area contributed by atoms with Crippen LogP contribution in [0.25, 0.3) is 0 Å². The van der Waals surface area contributed by atoms with Crippen LogP contribution in [0.1, 0.15) is 49.3 Å². The highest BCUT2D eigenvalue weighted by atomic mass is 35.5. The number of thioether (sulfide) groups is 1. The third kappa shape index (κ3) is 5.53. The monoisotopic (exact) mass is 467 g/mol. The van der Waals surface area contributed by atoms with Crippen molar-refractivity contribution in [2.45, 2.75) is 54.9 Å². The first-order valence-corrected chi connectivity index (χ1v) is 13.4. The lowest BCUT2D eigenvalue weighted by atomic mass is 9.87. The largest absolute Gasteiger partial charge is 0.309 e. The fourth-order valence-electron chi connectivity index (χ4n) is 3.89. The number of anilines is 1. The third-order valence-corrected chi connectivity index (χ3v) is 7.69. The molecular weight excluding hydrogens is 442 g/mol. The molecule has 0 bridgehead atoms. The molecule has 1 N–H and O–H groups in total. The van der Waals surface area contributed by atoms with Crippen LogP contribution in [0.15, 0.2) is 34.3 Å². The Balaban J connectivity index is 1.90. The Labute approximate surface area is 187 Å². The first-order chi connectivity index (χ1) is 14.2. The molecule has 0 spiro atoms. The Morgan fingerprint density at radius 3 is 2.60 bits per heavy atom. The van der Waals surface area contributed by atoms with Crippen LogP contribution in [-0.2, 0) is 14.6 Å². The molecule has 2 aromatic rings. The van der Waals surface area contributed by atoms with E-state index in [-0.39, 0.29) is 15.8 Å². The van der Waals surface area contributed by atoms with E-state index in [0.717, 1.165) is 24.1 Å². The minimum atomic E-state index is -3.43. The number of nitrogens with zero attached hydrogens (tertiary/aromatic N) is 2. The second kappa shape index (κ2) is 9.66. The first-order valence-electron chi connectivity index (χ1n) is 9.87. The minimum Gasteiger partial charge on any atom is -0.309 e. The molecule has 0 unspecified atom stereocenters. The van der Waals surface area contributed by atoms with Crippen molar-refractivity contribution >= 4 is 44.9 Å². The molecule has 1 atom stereocenters. The van der Waals surface area contributed by atoms with E-state index in [2.05, 4.69) is 15.3 Å². The predicted octanol–water partition coefficient (Wildman–Crippen LogP) is 4.87. The number of halogens is 1. The van der Waals surface area contributed by atoms with Crippen molar-refractivity contribution in [2.75, 3.05) is 17.8 Å². The number of aryl methyl sites for hydroxylation is 1. The summed E-state index contributed by atoms with van der Waals surface area (Å²) in [5.41, 5.74) is 1.36. The molecule has 1 heterocycles. The van der Waals surface area contributed by atoms with Gasteiger partial charge in [0.25, 0.3) is 0 Å². The van der Waals surface area contributed by atoms with E-state index in [4.69, 9.17) is 11.6 Å². The third-order valence-electron chi connectivity index (χ3n) is 5.49. The lowest BCUT2D eigenvalue weighted by molar-refractivity contribution is -0.118. The molecule has 1 aromatic heterocycles. The number of rotatable bonds is 7. The minimum absolute atomic E-state index is 0.0716. The van der Waals surface area contributed by atoms with Crippen molar-refractivity contribution in [3.63, 3.8) is 0 Å². The molecule has 1 aliphatic carbocycles. The molecule has 0 aliphatic heterocycles. The quantitative estimate of drug-likeness (QED) is 0.584. The van der Waals surface area contributed by atoms with E-state index in [1.807, 2.05) is 13.2 Å². The standard InChI is InChI=1S/C21H26ClN3O3S2/c1-13-20(23-12-19(24-13)29-2)25-21(26)16(10-14-6-4-5-7-14)15-8-9-18(17(22)11-15)30(3,27)28/h8-9,11-12,14,16H,4-7,10H2,1-3H3,(H,23,25,26)/t16-/m1/s1. The zero-order valence-electron chi connectivity index (χ0n) is 17.3. The summed E-state index contributed by atoms with van der Waals surface area (Å²) in [4.78, 5) is 22.1. The van der Waals surface area contributed by atoms with E-state index in [1.54, 1.807) is 18.3 Å². The summed E-state index contributed by atoms with van der Waals surface area (Å²) < 4.78 is 23.8. The van der Waals surface area contributed by atoms with Crippen LogP contribution < -0.4 is 5.32 Å². The van der Waals surface area contributed by atoms with Gasteiger partial charge in [-0.25, -0.2) is 18.4 Å². The maximum absolute atomic E-state index is 13.3. The first kappa shape index (κ1) is 23.0. The van der Waals surface area contributed by atoms with Gasteiger partial charge in [-0.2, -0.15) is 0 Å². The Morgan fingerprint density at radius 2 is 2.03 bits per heavy atom. The van der Waals surface area contributed by atoms with E-state index in [9.17, 15) is 13.2 Å². The summed E-state index contributed by atoms with van der Waals surface area (Å²) in [5, 5.41) is 3.84. The van der Waals surface area contributed by atoms with Gasteiger partial charge in [-0.15, -0.1) is 11.8 Å². The summed E-state index contributed by atoms with van der Waals surface area (Å²) in [5.74, 6) is 0.272. The smallest absolute Gasteiger partial charge is 0.233 e. The molecule has 0 radical (unpaired) electrons. The normalized spacial score (nSPS) is 15.9. The SMILES string of the molecule is CSc1cnc(NC(=O)[C@H](CC2CCCC2)c2ccc(S(C)(=O)=O)c(Cl)c2)c(C)n1. The summed E-state index contributed by atoms with van der Waals surface area (Å²) in [6.45, 7) is 1.81. The van der Waals surface area contributed by atoms with Gasteiger partial charge in [0.1, 0.15) is 5.03 Å². The topological polar surface area (TPSA) is 89.0 Å². The van der Waals surface area contributed by atoms with Crippen molar-refractivity contribution in [2.24, 2.45) is 5.92 Å². The fraction of sp³-hybridized carbons (Fsp3) is 0.476. The Bertz CT molecular complexity index is 1040. The van der Waals surface area contributed by atoms with Gasteiger partial charge in [-0.3, -0.25) is 4.79 Å². The van der Waals surface area contributed by atoms with Crippen LogP contribution in [0.5, 0.6) is 0 Å². The second-order valence-electron chi connectivity index (χ2n) is 7.74. The van der Waals surface area contributed by atoms with E-state index in [1.165, 1.54) is 30.7 Å². The molecule has 30 heavy (non-hydrogen) atoms. The highest BCUT2D eigenvalue weighted by Crippen LogP contribution is 2.36. The zero-order chi connectivity index (χ0) is 21.9. The number of aromatic nitrogens is 2. The number of benzene rings is 1. The molecule has 1 aliphatic rings. The summed E-state index contributed by atoms with van der Waals surface area (Å²) in [6, 6.07) is 4.78. The van der Waals surface area contributed by atoms with Crippen molar-refractivity contribution < 1.29 is 13.2 Å². The van der Waals surface area contributed by atoms with Crippen LogP contribution >= 0.6 is 23.4 Å². The van der Waals surface area contributed by atoms with Gasteiger partial charge in [-0.1, -0.05) is 43.4 Å². The lowest BCUT2D eigenvalue weighted by Crippen LogP contribution is -2.24. The summed E-state index contributed by atoms with van der Waals surface area (Å²) in [6.07, 6.45) is 9.91. The van der Waals surface area contributed by atoms with Gasteiger partial charge in [0, 0.05) is 6.26 Å². The summed E-state index contributed by atoms with van der Waals surface area (Å²) in [7, 11) is -3.43. The number of sulfone groups is 1. The van der Waals surface area contributed by atoms with Crippen molar-refractivity contribution in [3.8, 4) is 0 Å².